The molecule has 1 aliphatic rings. The van der Waals surface area contributed by atoms with Crippen molar-refractivity contribution in [1.29, 1.82) is 0 Å². The molecular formula is C21H17F3N4O3. The van der Waals surface area contributed by atoms with E-state index < -0.39 is 42.2 Å². The quantitative estimate of drug-likeness (QED) is 0.542. The highest BCUT2D eigenvalue weighted by molar-refractivity contribution is 6.08. The number of aromatic amines is 1. The van der Waals surface area contributed by atoms with Gasteiger partial charge in [-0.15, -0.1) is 0 Å². The van der Waals surface area contributed by atoms with E-state index in [0.29, 0.717) is 0 Å². The number of amides is 4. The summed E-state index contributed by atoms with van der Waals surface area (Å²) in [6.07, 6.45) is -2.56. The normalized spacial score (nSPS) is 16.6. The van der Waals surface area contributed by atoms with E-state index in [0.717, 1.165) is 39.6 Å². The van der Waals surface area contributed by atoms with Crippen LogP contribution in [0.15, 0.2) is 54.7 Å². The first-order valence-corrected chi connectivity index (χ1v) is 9.36. The lowest BCUT2D eigenvalue weighted by atomic mass is 10.1. The molecule has 1 atom stereocenters. The largest absolute Gasteiger partial charge is 0.416 e. The predicted octanol–water partition coefficient (Wildman–Crippen LogP) is 3.29. The summed E-state index contributed by atoms with van der Waals surface area (Å²) in [5.41, 5.74) is 0.734. The van der Waals surface area contributed by atoms with E-state index in [1.54, 1.807) is 6.20 Å². The summed E-state index contributed by atoms with van der Waals surface area (Å²) in [6.45, 7) is -0.606. The number of H-pyrrole nitrogens is 1. The van der Waals surface area contributed by atoms with Gasteiger partial charge >= 0.3 is 12.2 Å². The van der Waals surface area contributed by atoms with Crippen LogP contribution in [0.3, 0.4) is 0 Å². The minimum Gasteiger partial charge on any atom is -0.361 e. The first-order valence-electron chi connectivity index (χ1n) is 9.36. The van der Waals surface area contributed by atoms with Crippen molar-refractivity contribution < 1.29 is 27.6 Å². The van der Waals surface area contributed by atoms with Gasteiger partial charge in [-0.05, 0) is 29.8 Å². The third-order valence-electron chi connectivity index (χ3n) is 4.98. The Balaban J connectivity index is 1.42. The average molecular weight is 430 g/mol. The Morgan fingerprint density at radius 3 is 2.65 bits per heavy atom. The number of nitrogens with one attached hydrogen (secondary N) is 3. The summed E-state index contributed by atoms with van der Waals surface area (Å²) in [6, 6.07) is 10.0. The average Bonchev–Trinajstić information content (AvgIpc) is 3.24. The van der Waals surface area contributed by atoms with E-state index in [1.165, 1.54) is 6.07 Å². The SMILES string of the molecule is O=C(CN1C(=O)N[C@H](Cc2c[nH]c3ccccc23)C1=O)Nc1cccc(C(F)(F)F)c1. The minimum atomic E-state index is -4.55. The number of carbonyl (C=O) groups excluding carboxylic acids is 3. The molecule has 160 valence electrons. The number of para-hydroxylation sites is 1. The van der Waals surface area contributed by atoms with Crippen molar-refractivity contribution in [3.8, 4) is 0 Å². The maximum Gasteiger partial charge on any atom is 0.416 e. The fourth-order valence-electron chi connectivity index (χ4n) is 3.50. The highest BCUT2D eigenvalue weighted by atomic mass is 19.4. The van der Waals surface area contributed by atoms with Crippen LogP contribution >= 0.6 is 0 Å². The number of halogens is 3. The summed E-state index contributed by atoms with van der Waals surface area (Å²) < 4.78 is 38.4. The third-order valence-corrected chi connectivity index (χ3v) is 4.98. The third kappa shape index (κ3) is 4.23. The van der Waals surface area contributed by atoms with Crippen molar-refractivity contribution in [3.63, 3.8) is 0 Å². The number of anilines is 1. The molecule has 31 heavy (non-hydrogen) atoms. The minimum absolute atomic E-state index is 0.0813. The number of fused-ring (bicyclic) bond motifs is 1. The number of nitrogens with zero attached hydrogens (tertiary/aromatic N) is 1. The van der Waals surface area contributed by atoms with Crippen LogP contribution in [0.4, 0.5) is 23.7 Å². The second-order valence-corrected chi connectivity index (χ2v) is 7.12. The molecule has 0 unspecified atom stereocenters. The fourth-order valence-corrected chi connectivity index (χ4v) is 3.50. The van der Waals surface area contributed by atoms with Gasteiger partial charge in [0.1, 0.15) is 12.6 Å². The Kier molecular flexibility index (Phi) is 5.14. The highest BCUT2D eigenvalue weighted by Crippen LogP contribution is 2.30. The fraction of sp³-hybridized carbons (Fsp3) is 0.190. The molecule has 3 N–H and O–H groups in total. The number of carbonyl (C=O) groups is 3. The van der Waals surface area contributed by atoms with Gasteiger partial charge in [0.25, 0.3) is 5.91 Å². The van der Waals surface area contributed by atoms with Gasteiger partial charge in [0.05, 0.1) is 5.56 Å². The number of benzene rings is 2. The molecule has 1 aromatic heterocycles. The summed E-state index contributed by atoms with van der Waals surface area (Å²) in [7, 11) is 0. The van der Waals surface area contributed by atoms with Crippen LogP contribution < -0.4 is 10.6 Å². The van der Waals surface area contributed by atoms with E-state index in [-0.39, 0.29) is 12.1 Å². The molecule has 0 saturated carbocycles. The summed E-state index contributed by atoms with van der Waals surface area (Å²) in [5, 5.41) is 5.76. The van der Waals surface area contributed by atoms with Crippen molar-refractivity contribution in [3.05, 3.63) is 65.9 Å². The van der Waals surface area contributed by atoms with Crippen LogP contribution in [0.1, 0.15) is 11.1 Å². The maximum absolute atomic E-state index is 12.8. The lowest BCUT2D eigenvalue weighted by Gasteiger charge is -2.14. The Hall–Kier alpha value is -3.82. The van der Waals surface area contributed by atoms with E-state index in [2.05, 4.69) is 15.6 Å². The Morgan fingerprint density at radius 1 is 1.10 bits per heavy atom. The molecule has 3 aromatic rings. The molecule has 0 aliphatic carbocycles. The zero-order valence-electron chi connectivity index (χ0n) is 16.0. The molecule has 0 radical (unpaired) electrons. The molecule has 1 aliphatic heterocycles. The molecule has 2 heterocycles. The van der Waals surface area contributed by atoms with Crippen LogP contribution in [0.25, 0.3) is 10.9 Å². The molecule has 7 nitrogen and oxygen atoms in total. The lowest BCUT2D eigenvalue weighted by molar-refractivity contribution is -0.137. The number of rotatable bonds is 5. The predicted molar refractivity (Wildman–Crippen MR) is 106 cm³/mol. The van der Waals surface area contributed by atoms with Crippen LogP contribution in [-0.4, -0.2) is 40.3 Å². The second-order valence-electron chi connectivity index (χ2n) is 7.12. The monoisotopic (exact) mass is 430 g/mol. The Bertz CT molecular complexity index is 1170. The van der Waals surface area contributed by atoms with Crippen molar-refractivity contribution in [1.82, 2.24) is 15.2 Å². The van der Waals surface area contributed by atoms with Gasteiger partial charge in [-0.25, -0.2) is 4.79 Å². The number of hydrogen-bond acceptors (Lipinski definition) is 3. The summed E-state index contributed by atoms with van der Waals surface area (Å²) >= 11 is 0. The molecule has 1 saturated heterocycles. The highest BCUT2D eigenvalue weighted by Gasteiger charge is 2.39. The molecule has 0 spiro atoms. The van der Waals surface area contributed by atoms with Gasteiger partial charge in [0.2, 0.25) is 5.91 Å². The number of alkyl halides is 3. The van der Waals surface area contributed by atoms with Crippen LogP contribution in [0.2, 0.25) is 0 Å². The van der Waals surface area contributed by atoms with Gasteiger partial charge in [-0.3, -0.25) is 14.5 Å². The molecule has 1 fully saturated rings. The smallest absolute Gasteiger partial charge is 0.361 e. The molecular weight excluding hydrogens is 413 g/mol. The van der Waals surface area contributed by atoms with Gasteiger partial charge < -0.3 is 15.6 Å². The molecule has 0 bridgehead atoms. The van der Waals surface area contributed by atoms with Crippen molar-refractivity contribution in [2.75, 3.05) is 11.9 Å². The van der Waals surface area contributed by atoms with Crippen LogP contribution in [-0.2, 0) is 22.2 Å². The second kappa shape index (κ2) is 7.78. The van der Waals surface area contributed by atoms with Gasteiger partial charge in [0.15, 0.2) is 0 Å². The van der Waals surface area contributed by atoms with Crippen LogP contribution in [0, 0.1) is 0 Å². The summed E-state index contributed by atoms with van der Waals surface area (Å²) in [4.78, 5) is 41.0. The van der Waals surface area contributed by atoms with Gasteiger partial charge in [-0.1, -0.05) is 24.3 Å². The van der Waals surface area contributed by atoms with E-state index in [4.69, 9.17) is 0 Å². The Morgan fingerprint density at radius 2 is 1.87 bits per heavy atom. The molecule has 2 aromatic carbocycles. The van der Waals surface area contributed by atoms with Crippen molar-refractivity contribution in [2.45, 2.75) is 18.6 Å². The van der Waals surface area contributed by atoms with E-state index in [1.807, 2.05) is 24.3 Å². The number of urea groups is 1. The molecule has 4 amide bonds. The van der Waals surface area contributed by atoms with E-state index in [9.17, 15) is 27.6 Å². The number of hydrogen-bond donors (Lipinski definition) is 3. The molecule has 4 rings (SSSR count). The van der Waals surface area contributed by atoms with Crippen LogP contribution in [0.5, 0.6) is 0 Å². The van der Waals surface area contributed by atoms with Gasteiger partial charge in [0, 0.05) is 29.2 Å². The number of aromatic nitrogens is 1. The Labute approximate surface area is 174 Å². The zero-order valence-corrected chi connectivity index (χ0v) is 16.0. The standard InChI is InChI=1S/C21H17F3N4O3/c22-21(23,24)13-4-3-5-14(9-13)26-18(29)11-28-19(30)17(27-20(28)31)8-12-10-25-16-7-2-1-6-15(12)16/h1-7,9-10,17,25H,8,11H2,(H,26,29)(H,27,31)/t17-/m1/s1. The molecule has 10 heteroatoms. The van der Waals surface area contributed by atoms with Gasteiger partial charge in [-0.2, -0.15) is 13.2 Å². The van der Waals surface area contributed by atoms with E-state index >= 15 is 0 Å². The maximum atomic E-state index is 12.8. The first-order chi connectivity index (χ1) is 14.7. The zero-order chi connectivity index (χ0) is 22.2. The number of imide groups is 1. The van der Waals surface area contributed by atoms with Crippen molar-refractivity contribution >= 4 is 34.4 Å². The topological polar surface area (TPSA) is 94.3 Å². The lowest BCUT2D eigenvalue weighted by Crippen LogP contribution is -2.38. The summed E-state index contributed by atoms with van der Waals surface area (Å²) in [5.74, 6) is -1.36. The first kappa shape index (κ1) is 20.5. The van der Waals surface area contributed by atoms with Crippen molar-refractivity contribution in [2.24, 2.45) is 0 Å².